The molecule has 2 aromatic carbocycles. The predicted octanol–water partition coefficient (Wildman–Crippen LogP) is 3.90. The van der Waals surface area contributed by atoms with E-state index in [2.05, 4.69) is 31.2 Å². The Morgan fingerprint density at radius 2 is 1.61 bits per heavy atom. The van der Waals surface area contributed by atoms with E-state index in [-0.39, 0.29) is 0 Å². The molecule has 0 unspecified atom stereocenters. The van der Waals surface area contributed by atoms with Crippen LogP contribution in [0.1, 0.15) is 19.4 Å². The van der Waals surface area contributed by atoms with Gasteiger partial charge in [0.15, 0.2) is 0 Å². The van der Waals surface area contributed by atoms with Gasteiger partial charge in [-0.2, -0.15) is 0 Å². The minimum absolute atomic E-state index is 0.696. The first kappa shape index (κ1) is 12.5. The van der Waals surface area contributed by atoms with Crippen molar-refractivity contribution < 1.29 is 4.74 Å². The highest BCUT2D eigenvalue weighted by Crippen LogP contribution is 2.26. The maximum absolute atomic E-state index is 5.92. The lowest BCUT2D eigenvalue weighted by Gasteiger charge is -2.08. The van der Waals surface area contributed by atoms with Crippen LogP contribution in [0.5, 0.6) is 5.75 Å². The van der Waals surface area contributed by atoms with Crippen molar-refractivity contribution in [3.05, 3.63) is 48.0 Å². The summed E-state index contributed by atoms with van der Waals surface area (Å²) >= 11 is 0. The number of nitrogens with two attached hydrogens (primary N) is 1. The summed E-state index contributed by atoms with van der Waals surface area (Å²) in [7, 11) is 0. The Hall–Kier alpha value is -1.96. The fraction of sp³-hybridized carbons (Fsp3) is 0.250. The van der Waals surface area contributed by atoms with E-state index in [4.69, 9.17) is 10.5 Å². The maximum atomic E-state index is 5.92. The van der Waals surface area contributed by atoms with Gasteiger partial charge in [0.25, 0.3) is 0 Å². The van der Waals surface area contributed by atoms with Crippen molar-refractivity contribution in [3.63, 3.8) is 0 Å². The molecule has 2 rings (SSSR count). The molecule has 0 amide bonds. The topological polar surface area (TPSA) is 35.2 Å². The second-order valence-corrected chi connectivity index (χ2v) is 4.22. The second-order valence-electron chi connectivity index (χ2n) is 4.22. The highest BCUT2D eigenvalue weighted by molar-refractivity contribution is 5.68. The molecule has 18 heavy (non-hydrogen) atoms. The van der Waals surface area contributed by atoms with Gasteiger partial charge < -0.3 is 10.5 Å². The number of hydrogen-bond acceptors (Lipinski definition) is 2. The average Bonchev–Trinajstić information content (AvgIpc) is 2.41. The van der Waals surface area contributed by atoms with Crippen LogP contribution in [0, 0.1) is 0 Å². The van der Waals surface area contributed by atoms with Gasteiger partial charge in [-0.1, -0.05) is 25.1 Å². The Morgan fingerprint density at radius 3 is 2.22 bits per heavy atom. The minimum atomic E-state index is 0.696. The lowest BCUT2D eigenvalue weighted by molar-refractivity contribution is 0.340. The largest absolute Gasteiger partial charge is 0.494 e. The van der Waals surface area contributed by atoms with Gasteiger partial charge in [-0.15, -0.1) is 0 Å². The molecule has 94 valence electrons. The van der Waals surface area contributed by atoms with E-state index in [1.165, 1.54) is 16.7 Å². The molecule has 0 radical (unpaired) electrons. The fourth-order valence-electron chi connectivity index (χ4n) is 2.00. The van der Waals surface area contributed by atoms with E-state index in [1.54, 1.807) is 0 Å². The maximum Gasteiger partial charge on any atom is 0.119 e. The summed E-state index contributed by atoms with van der Waals surface area (Å²) in [5.74, 6) is 0.910. The molecule has 0 aliphatic carbocycles. The number of rotatable bonds is 4. The molecule has 0 fully saturated rings. The zero-order chi connectivity index (χ0) is 13.0. The first-order valence-electron chi connectivity index (χ1n) is 6.36. The summed E-state index contributed by atoms with van der Waals surface area (Å²) in [6, 6.07) is 14.4. The highest BCUT2D eigenvalue weighted by atomic mass is 16.5. The van der Waals surface area contributed by atoms with Crippen molar-refractivity contribution in [1.82, 2.24) is 0 Å². The van der Waals surface area contributed by atoms with Crippen molar-refractivity contribution in [2.75, 3.05) is 12.3 Å². The number of aryl methyl sites for hydroxylation is 1. The summed E-state index contributed by atoms with van der Waals surface area (Å²) in [6.45, 7) is 4.80. The molecular weight excluding hydrogens is 222 g/mol. The van der Waals surface area contributed by atoms with Gasteiger partial charge in [-0.25, -0.2) is 0 Å². The monoisotopic (exact) mass is 241 g/mol. The van der Waals surface area contributed by atoms with Crippen molar-refractivity contribution in [3.8, 4) is 16.9 Å². The van der Waals surface area contributed by atoms with E-state index < -0.39 is 0 Å². The van der Waals surface area contributed by atoms with Crippen molar-refractivity contribution in [2.24, 2.45) is 0 Å². The second kappa shape index (κ2) is 5.58. The quantitative estimate of drug-likeness (QED) is 0.824. The van der Waals surface area contributed by atoms with Gasteiger partial charge in [0.2, 0.25) is 0 Å². The van der Waals surface area contributed by atoms with Crippen LogP contribution >= 0.6 is 0 Å². The molecular formula is C16H19NO. The van der Waals surface area contributed by atoms with Gasteiger partial charge in [-0.3, -0.25) is 0 Å². The molecule has 0 bridgehead atoms. The Balaban J connectivity index is 2.30. The molecule has 2 nitrogen and oxygen atoms in total. The number of anilines is 1. The van der Waals surface area contributed by atoms with Crippen LogP contribution < -0.4 is 10.5 Å². The van der Waals surface area contributed by atoms with Gasteiger partial charge in [0, 0.05) is 5.69 Å². The zero-order valence-corrected chi connectivity index (χ0v) is 10.9. The molecule has 0 saturated heterocycles. The SMILES string of the molecule is CCOc1ccc(-c2ccc(N)c(CC)c2)cc1. The molecule has 0 aromatic heterocycles. The van der Waals surface area contributed by atoms with Crippen LogP contribution in [0.15, 0.2) is 42.5 Å². The summed E-state index contributed by atoms with van der Waals surface area (Å²) in [6.07, 6.45) is 0.955. The van der Waals surface area contributed by atoms with Crippen molar-refractivity contribution >= 4 is 5.69 Å². The van der Waals surface area contributed by atoms with E-state index in [1.807, 2.05) is 25.1 Å². The summed E-state index contributed by atoms with van der Waals surface area (Å²) in [4.78, 5) is 0. The standard InChI is InChI=1S/C16H19NO/c1-3-12-11-14(7-10-16(12)17)13-5-8-15(9-6-13)18-4-2/h5-11H,3-4,17H2,1-2H3. The van der Waals surface area contributed by atoms with Crippen LogP contribution in [-0.4, -0.2) is 6.61 Å². The van der Waals surface area contributed by atoms with Crippen LogP contribution in [0.4, 0.5) is 5.69 Å². The van der Waals surface area contributed by atoms with E-state index in [9.17, 15) is 0 Å². The molecule has 0 aliphatic heterocycles. The van der Waals surface area contributed by atoms with E-state index in [0.29, 0.717) is 6.61 Å². The molecule has 0 spiro atoms. The molecule has 0 aliphatic rings. The molecule has 2 N–H and O–H groups in total. The first-order chi connectivity index (χ1) is 8.74. The van der Waals surface area contributed by atoms with Crippen LogP contribution in [0.25, 0.3) is 11.1 Å². The average molecular weight is 241 g/mol. The molecule has 2 heteroatoms. The molecule has 0 atom stereocenters. The lowest BCUT2D eigenvalue weighted by atomic mass is 10.0. The van der Waals surface area contributed by atoms with E-state index >= 15 is 0 Å². The normalized spacial score (nSPS) is 10.3. The lowest BCUT2D eigenvalue weighted by Crippen LogP contribution is -1.93. The van der Waals surface area contributed by atoms with Crippen LogP contribution in [0.3, 0.4) is 0 Å². The summed E-state index contributed by atoms with van der Waals surface area (Å²) in [5, 5.41) is 0. The Bertz CT molecular complexity index is 517. The summed E-state index contributed by atoms with van der Waals surface area (Å²) in [5.41, 5.74) is 10.4. The molecule has 0 saturated carbocycles. The smallest absolute Gasteiger partial charge is 0.119 e. The number of hydrogen-bond donors (Lipinski definition) is 1. The third kappa shape index (κ3) is 2.65. The van der Waals surface area contributed by atoms with Gasteiger partial charge in [-0.05, 0) is 54.3 Å². The zero-order valence-electron chi connectivity index (χ0n) is 10.9. The van der Waals surface area contributed by atoms with Gasteiger partial charge >= 0.3 is 0 Å². The number of benzene rings is 2. The first-order valence-corrected chi connectivity index (χ1v) is 6.36. The number of ether oxygens (including phenoxy) is 1. The third-order valence-corrected chi connectivity index (χ3v) is 3.02. The Kier molecular flexibility index (Phi) is 3.88. The van der Waals surface area contributed by atoms with E-state index in [0.717, 1.165) is 17.9 Å². The van der Waals surface area contributed by atoms with Crippen LogP contribution in [0.2, 0.25) is 0 Å². The third-order valence-electron chi connectivity index (χ3n) is 3.02. The van der Waals surface area contributed by atoms with Crippen molar-refractivity contribution in [2.45, 2.75) is 20.3 Å². The van der Waals surface area contributed by atoms with Crippen LogP contribution in [-0.2, 0) is 6.42 Å². The molecule has 2 aromatic rings. The molecule has 0 heterocycles. The predicted molar refractivity (Wildman–Crippen MR) is 76.8 cm³/mol. The highest BCUT2D eigenvalue weighted by Gasteiger charge is 2.02. The van der Waals surface area contributed by atoms with Crippen molar-refractivity contribution in [1.29, 1.82) is 0 Å². The Morgan fingerprint density at radius 1 is 0.944 bits per heavy atom. The minimum Gasteiger partial charge on any atom is -0.494 e. The number of nitrogen functional groups attached to an aromatic ring is 1. The van der Waals surface area contributed by atoms with Gasteiger partial charge in [0.05, 0.1) is 6.61 Å². The fourth-order valence-corrected chi connectivity index (χ4v) is 2.00. The van der Waals surface area contributed by atoms with Gasteiger partial charge in [0.1, 0.15) is 5.75 Å². The summed E-state index contributed by atoms with van der Waals surface area (Å²) < 4.78 is 5.44. The Labute approximate surface area is 108 Å².